The number of carbonyl (C=O) groups is 2. The number of alkyl carbamates (subject to hydrolysis) is 1. The summed E-state index contributed by atoms with van der Waals surface area (Å²) in [4.78, 5) is 32.2. The second-order valence-electron chi connectivity index (χ2n) is 6.48. The highest BCUT2D eigenvalue weighted by Gasteiger charge is 2.12. The zero-order valence-corrected chi connectivity index (χ0v) is 18.2. The van der Waals surface area contributed by atoms with E-state index in [1.54, 1.807) is 24.5 Å². The van der Waals surface area contributed by atoms with Crippen molar-refractivity contribution < 1.29 is 14.3 Å². The standard InChI is InChI=1S/C22H22N6O3.ClH/c1-3-9-31-22(30)27-12-15-5-7-16(14-6-8-19(23)25-11-14)17-10-20(26-13-18(15)17)28-21(29)24-4-2;/h1,5-8,10-11,13H,4,9,12H2,2H3,(H2,23,25)(H,27,30)(H2,24,26,28,29);1H. The third-order valence-electron chi connectivity index (χ3n) is 4.38. The van der Waals surface area contributed by atoms with Crippen LogP contribution in [0.2, 0.25) is 0 Å². The van der Waals surface area contributed by atoms with E-state index in [9.17, 15) is 9.59 Å². The fourth-order valence-corrected chi connectivity index (χ4v) is 2.98. The van der Waals surface area contributed by atoms with Crippen LogP contribution in [-0.4, -0.2) is 35.2 Å². The van der Waals surface area contributed by atoms with Crippen LogP contribution in [0.1, 0.15) is 12.5 Å². The molecule has 10 heteroatoms. The number of ether oxygens (including phenoxy) is 1. The Morgan fingerprint density at radius 2 is 1.94 bits per heavy atom. The smallest absolute Gasteiger partial charge is 0.408 e. The zero-order chi connectivity index (χ0) is 22.2. The van der Waals surface area contributed by atoms with Crippen LogP contribution in [0.3, 0.4) is 0 Å². The van der Waals surface area contributed by atoms with E-state index in [1.165, 1.54) is 0 Å². The summed E-state index contributed by atoms with van der Waals surface area (Å²) in [6.45, 7) is 2.43. The number of anilines is 2. The number of hydrogen-bond acceptors (Lipinski definition) is 6. The molecular weight excluding hydrogens is 432 g/mol. The van der Waals surface area contributed by atoms with Gasteiger partial charge in [-0.05, 0) is 41.6 Å². The van der Waals surface area contributed by atoms with E-state index in [2.05, 4.69) is 31.8 Å². The fourth-order valence-electron chi connectivity index (χ4n) is 2.98. The van der Waals surface area contributed by atoms with Gasteiger partial charge < -0.3 is 21.1 Å². The van der Waals surface area contributed by atoms with Crippen LogP contribution in [0.4, 0.5) is 21.2 Å². The first-order chi connectivity index (χ1) is 15.0. The summed E-state index contributed by atoms with van der Waals surface area (Å²) in [6.07, 6.45) is 7.81. The SMILES string of the molecule is C#CCOC(=O)NCc1ccc(-c2ccc(N)nc2)c2cc(NC(=O)NCC)ncc12.Cl. The number of pyridine rings is 2. The molecule has 0 bridgehead atoms. The second kappa shape index (κ2) is 11.4. The molecule has 166 valence electrons. The van der Waals surface area contributed by atoms with Crippen LogP contribution in [0.15, 0.2) is 42.7 Å². The Morgan fingerprint density at radius 1 is 1.12 bits per heavy atom. The number of halogens is 1. The van der Waals surface area contributed by atoms with Crippen LogP contribution < -0.4 is 21.7 Å². The Morgan fingerprint density at radius 3 is 2.62 bits per heavy atom. The van der Waals surface area contributed by atoms with Gasteiger partial charge >= 0.3 is 12.1 Å². The highest BCUT2D eigenvalue weighted by Crippen LogP contribution is 2.32. The number of nitrogens with two attached hydrogens (primary N) is 1. The van der Waals surface area contributed by atoms with Crippen molar-refractivity contribution in [1.29, 1.82) is 0 Å². The van der Waals surface area contributed by atoms with Crippen LogP contribution in [0.25, 0.3) is 21.9 Å². The first kappa shape index (κ1) is 24.2. The molecule has 2 heterocycles. The third kappa shape index (κ3) is 6.00. The minimum Gasteiger partial charge on any atom is -0.436 e. The normalized spacial score (nSPS) is 9.88. The number of hydrogen-bond donors (Lipinski definition) is 4. The Bertz CT molecular complexity index is 1140. The fraction of sp³-hybridized carbons (Fsp3) is 0.182. The lowest BCUT2D eigenvalue weighted by atomic mass is 9.97. The van der Waals surface area contributed by atoms with Crippen LogP contribution >= 0.6 is 12.4 Å². The van der Waals surface area contributed by atoms with Crippen LogP contribution in [0.5, 0.6) is 0 Å². The van der Waals surface area contributed by atoms with Gasteiger partial charge in [-0.3, -0.25) is 5.32 Å². The summed E-state index contributed by atoms with van der Waals surface area (Å²) in [5.41, 5.74) is 8.25. The molecule has 0 unspecified atom stereocenters. The van der Waals surface area contributed by atoms with Gasteiger partial charge in [-0.1, -0.05) is 18.1 Å². The molecule has 5 N–H and O–H groups in total. The van der Waals surface area contributed by atoms with Gasteiger partial charge in [0.25, 0.3) is 0 Å². The molecular formula is C22H23ClN6O3. The number of aromatic nitrogens is 2. The monoisotopic (exact) mass is 454 g/mol. The molecule has 0 aliphatic heterocycles. The number of nitrogens with zero attached hydrogens (tertiary/aromatic N) is 2. The molecule has 3 amide bonds. The van der Waals surface area contributed by atoms with E-state index in [0.717, 1.165) is 27.5 Å². The molecule has 9 nitrogen and oxygen atoms in total. The molecule has 3 rings (SSSR count). The maximum Gasteiger partial charge on any atom is 0.408 e. The molecule has 0 spiro atoms. The summed E-state index contributed by atoms with van der Waals surface area (Å²) in [7, 11) is 0. The van der Waals surface area contributed by atoms with Gasteiger partial charge in [0.1, 0.15) is 11.6 Å². The number of benzene rings is 1. The van der Waals surface area contributed by atoms with E-state index < -0.39 is 6.09 Å². The molecule has 0 aliphatic carbocycles. The van der Waals surface area contributed by atoms with E-state index in [-0.39, 0.29) is 31.6 Å². The summed E-state index contributed by atoms with van der Waals surface area (Å²) >= 11 is 0. The van der Waals surface area contributed by atoms with Gasteiger partial charge in [0.05, 0.1) is 0 Å². The molecule has 0 saturated carbocycles. The van der Waals surface area contributed by atoms with Crippen molar-refractivity contribution in [2.24, 2.45) is 0 Å². The van der Waals surface area contributed by atoms with E-state index in [4.69, 9.17) is 16.9 Å². The van der Waals surface area contributed by atoms with Gasteiger partial charge in [-0.25, -0.2) is 19.6 Å². The lowest BCUT2D eigenvalue weighted by Crippen LogP contribution is -2.28. The maximum absolute atomic E-state index is 11.9. The van der Waals surface area contributed by atoms with E-state index in [1.807, 2.05) is 25.1 Å². The number of nitrogen functional groups attached to an aromatic ring is 1. The average molecular weight is 455 g/mol. The van der Waals surface area contributed by atoms with Crippen LogP contribution in [0, 0.1) is 12.3 Å². The van der Waals surface area contributed by atoms with E-state index >= 15 is 0 Å². The highest BCUT2D eigenvalue weighted by atomic mass is 35.5. The number of fused-ring (bicyclic) bond motifs is 1. The minimum atomic E-state index is -0.611. The molecule has 0 radical (unpaired) electrons. The topological polar surface area (TPSA) is 131 Å². The first-order valence-electron chi connectivity index (χ1n) is 9.54. The van der Waals surface area contributed by atoms with Crippen molar-refractivity contribution in [1.82, 2.24) is 20.6 Å². The lowest BCUT2D eigenvalue weighted by molar-refractivity contribution is 0.159. The Kier molecular flexibility index (Phi) is 8.63. The maximum atomic E-state index is 11.9. The average Bonchev–Trinajstić information content (AvgIpc) is 2.76. The lowest BCUT2D eigenvalue weighted by Gasteiger charge is -2.14. The van der Waals surface area contributed by atoms with E-state index in [0.29, 0.717) is 18.2 Å². The molecule has 3 aromatic rings. The number of amides is 3. The summed E-state index contributed by atoms with van der Waals surface area (Å²) in [5, 5.41) is 9.66. The van der Waals surface area contributed by atoms with Crippen molar-refractivity contribution in [3.8, 4) is 23.5 Å². The summed E-state index contributed by atoms with van der Waals surface area (Å²) in [5.74, 6) is 3.05. The predicted octanol–water partition coefficient (Wildman–Crippen LogP) is 3.30. The number of terminal acetylenes is 1. The van der Waals surface area contributed by atoms with Gasteiger partial charge in [0, 0.05) is 36.4 Å². The molecule has 32 heavy (non-hydrogen) atoms. The molecule has 0 atom stereocenters. The van der Waals surface area contributed by atoms with Gasteiger partial charge in [-0.15, -0.1) is 18.8 Å². The van der Waals surface area contributed by atoms with Crippen molar-refractivity contribution in [3.63, 3.8) is 0 Å². The highest BCUT2D eigenvalue weighted by molar-refractivity contribution is 6.00. The van der Waals surface area contributed by atoms with Crippen molar-refractivity contribution in [2.45, 2.75) is 13.5 Å². The Balaban J connectivity index is 0.00000363. The minimum absolute atomic E-state index is 0. The molecule has 0 aliphatic rings. The van der Waals surface area contributed by atoms with Gasteiger partial charge in [-0.2, -0.15) is 0 Å². The van der Waals surface area contributed by atoms with Gasteiger partial charge in [0.2, 0.25) is 0 Å². The summed E-state index contributed by atoms with van der Waals surface area (Å²) in [6, 6.07) is 8.80. The second-order valence-corrected chi connectivity index (χ2v) is 6.48. The van der Waals surface area contributed by atoms with Gasteiger partial charge in [0.15, 0.2) is 6.61 Å². The quantitative estimate of drug-likeness (QED) is 0.422. The van der Waals surface area contributed by atoms with Crippen molar-refractivity contribution in [2.75, 3.05) is 24.2 Å². The number of carbonyl (C=O) groups excluding carboxylic acids is 2. The number of urea groups is 1. The Hall–Kier alpha value is -4.03. The third-order valence-corrected chi connectivity index (χ3v) is 4.38. The van der Waals surface area contributed by atoms with Crippen molar-refractivity contribution >= 4 is 46.9 Å². The largest absolute Gasteiger partial charge is 0.436 e. The molecule has 0 fully saturated rings. The molecule has 1 aromatic carbocycles. The number of rotatable bonds is 6. The zero-order valence-electron chi connectivity index (χ0n) is 17.3. The molecule has 0 saturated heterocycles. The van der Waals surface area contributed by atoms with Crippen molar-refractivity contribution in [3.05, 3.63) is 48.3 Å². The first-order valence-corrected chi connectivity index (χ1v) is 9.54. The molecule has 2 aromatic heterocycles. The predicted molar refractivity (Wildman–Crippen MR) is 126 cm³/mol. The Labute approximate surface area is 191 Å². The summed E-state index contributed by atoms with van der Waals surface area (Å²) < 4.78 is 4.84. The number of nitrogens with one attached hydrogen (secondary N) is 3. The van der Waals surface area contributed by atoms with Crippen LogP contribution in [-0.2, 0) is 11.3 Å².